The summed E-state index contributed by atoms with van der Waals surface area (Å²) >= 11 is 0. The second kappa shape index (κ2) is 6.37. The zero-order chi connectivity index (χ0) is 8.97. The number of hydrogen-bond acceptors (Lipinski definition) is 4. The molecule has 6 heteroatoms. The molecule has 1 saturated heterocycles. The second-order valence-corrected chi connectivity index (χ2v) is 2.49. The van der Waals surface area contributed by atoms with Crippen LogP contribution in [0.1, 0.15) is 12.8 Å². The predicted molar refractivity (Wildman–Crippen MR) is 46.5 cm³/mol. The summed E-state index contributed by atoms with van der Waals surface area (Å²) in [5.41, 5.74) is 0. The van der Waals surface area contributed by atoms with Gasteiger partial charge in [-0.25, -0.2) is 9.69 Å². The third-order valence-electron chi connectivity index (χ3n) is 1.61. The first kappa shape index (κ1) is 12.9. The zero-order valence-corrected chi connectivity index (χ0v) is 6.65. The molecule has 0 unspecified atom stereocenters. The Hall–Kier alpha value is -0.100. The van der Waals surface area contributed by atoms with Crippen molar-refractivity contribution in [3.63, 3.8) is 0 Å². The van der Waals surface area contributed by atoms with E-state index in [2.05, 4.69) is 4.74 Å². The Balaban J connectivity index is 0.00000144. The normalized spacial score (nSPS) is 15.5. The first-order valence-corrected chi connectivity index (χ1v) is 3.83. The summed E-state index contributed by atoms with van der Waals surface area (Å²) in [5.74, 6) is -0.196. The van der Waals surface area contributed by atoms with Gasteiger partial charge in [0, 0.05) is 13.0 Å². The molecule has 5 nitrogen and oxygen atoms in total. The van der Waals surface area contributed by atoms with E-state index < -0.39 is 6.09 Å². The standard InChI is InChI=1S/C7H11NO4.Na.H/c9-4-5-12-7(11)8-3-1-2-6(8)10;;/h9H,1-5H2;;. The molecule has 0 atom stereocenters. The molecule has 0 saturated carbocycles. The number of amides is 2. The van der Waals surface area contributed by atoms with E-state index in [1.165, 1.54) is 0 Å². The van der Waals surface area contributed by atoms with Crippen LogP contribution in [0.2, 0.25) is 0 Å². The fourth-order valence-electron chi connectivity index (χ4n) is 1.05. The molecule has 13 heavy (non-hydrogen) atoms. The first-order chi connectivity index (χ1) is 5.75. The Kier molecular flexibility index (Phi) is 6.32. The molecule has 2 amide bonds. The monoisotopic (exact) mass is 197 g/mol. The van der Waals surface area contributed by atoms with E-state index in [-0.39, 0.29) is 48.7 Å². The van der Waals surface area contributed by atoms with Gasteiger partial charge in [0.2, 0.25) is 5.91 Å². The maximum atomic E-state index is 11.0. The number of carbonyl (C=O) groups excluding carboxylic acids is 2. The van der Waals surface area contributed by atoms with Crippen molar-refractivity contribution < 1.29 is 19.4 Å². The van der Waals surface area contributed by atoms with Gasteiger partial charge >= 0.3 is 35.7 Å². The summed E-state index contributed by atoms with van der Waals surface area (Å²) in [6.45, 7) is 0.166. The van der Waals surface area contributed by atoms with Gasteiger partial charge in [0.1, 0.15) is 6.61 Å². The number of likely N-dealkylation sites (tertiary alicyclic amines) is 1. The molecule has 1 aliphatic rings. The van der Waals surface area contributed by atoms with Crippen molar-refractivity contribution >= 4 is 41.6 Å². The summed E-state index contributed by atoms with van der Waals surface area (Å²) in [6.07, 6.45) is 0.466. The number of hydrogen-bond donors (Lipinski definition) is 1. The van der Waals surface area contributed by atoms with Crippen LogP contribution in [-0.2, 0) is 9.53 Å². The molecule has 0 aromatic rings. The molecule has 0 bridgehead atoms. The van der Waals surface area contributed by atoms with Crippen LogP contribution >= 0.6 is 0 Å². The van der Waals surface area contributed by atoms with Crippen molar-refractivity contribution in [2.24, 2.45) is 0 Å². The molecule has 0 spiro atoms. The molecule has 0 aliphatic carbocycles. The third kappa shape index (κ3) is 3.64. The molecule has 70 valence electrons. The number of carbonyl (C=O) groups is 2. The van der Waals surface area contributed by atoms with Crippen LogP contribution in [-0.4, -0.2) is 71.3 Å². The van der Waals surface area contributed by atoms with E-state index in [1.807, 2.05) is 0 Å². The van der Waals surface area contributed by atoms with Crippen LogP contribution in [0, 0.1) is 0 Å². The Bertz CT molecular complexity index is 197. The summed E-state index contributed by atoms with van der Waals surface area (Å²) in [6, 6.07) is 0. The Morgan fingerprint density at radius 3 is 2.77 bits per heavy atom. The molecular weight excluding hydrogens is 185 g/mol. The molecule has 1 heterocycles. The number of aliphatic hydroxyl groups excluding tert-OH is 1. The van der Waals surface area contributed by atoms with E-state index >= 15 is 0 Å². The van der Waals surface area contributed by atoms with Crippen molar-refractivity contribution in [3.8, 4) is 0 Å². The average molecular weight is 197 g/mol. The molecule has 1 N–H and O–H groups in total. The Labute approximate surface area is 98.3 Å². The number of rotatable bonds is 2. The van der Waals surface area contributed by atoms with Gasteiger partial charge in [-0.1, -0.05) is 0 Å². The molecule has 1 rings (SSSR count). The second-order valence-electron chi connectivity index (χ2n) is 2.49. The number of nitrogens with zero attached hydrogens (tertiary/aromatic N) is 1. The zero-order valence-electron chi connectivity index (χ0n) is 6.65. The summed E-state index contributed by atoms with van der Waals surface area (Å²) in [7, 11) is 0. The van der Waals surface area contributed by atoms with E-state index in [0.29, 0.717) is 19.4 Å². The Morgan fingerprint density at radius 1 is 1.62 bits per heavy atom. The van der Waals surface area contributed by atoms with Crippen LogP contribution in [0.3, 0.4) is 0 Å². The van der Waals surface area contributed by atoms with Gasteiger partial charge in [-0.05, 0) is 6.42 Å². The van der Waals surface area contributed by atoms with Crippen molar-refractivity contribution in [3.05, 3.63) is 0 Å². The van der Waals surface area contributed by atoms with E-state index in [1.54, 1.807) is 0 Å². The van der Waals surface area contributed by atoms with Crippen LogP contribution in [0.25, 0.3) is 0 Å². The summed E-state index contributed by atoms with van der Waals surface area (Å²) in [4.78, 5) is 23.0. The quantitative estimate of drug-likeness (QED) is 0.582. The van der Waals surface area contributed by atoms with E-state index in [0.717, 1.165) is 4.90 Å². The van der Waals surface area contributed by atoms with Crippen LogP contribution < -0.4 is 0 Å². The number of aliphatic hydroxyl groups is 1. The Morgan fingerprint density at radius 2 is 2.31 bits per heavy atom. The third-order valence-corrected chi connectivity index (χ3v) is 1.61. The van der Waals surface area contributed by atoms with Crippen LogP contribution in [0.4, 0.5) is 4.79 Å². The van der Waals surface area contributed by atoms with Crippen molar-refractivity contribution in [1.82, 2.24) is 4.90 Å². The van der Waals surface area contributed by atoms with Gasteiger partial charge in [-0.2, -0.15) is 0 Å². The fraction of sp³-hybridized carbons (Fsp3) is 0.714. The van der Waals surface area contributed by atoms with Gasteiger partial charge < -0.3 is 9.84 Å². The SMILES string of the molecule is O=C1CCCN1C(=O)OCCO.[NaH]. The minimum absolute atomic E-state index is 0. The van der Waals surface area contributed by atoms with Crippen LogP contribution in [0.5, 0.6) is 0 Å². The maximum absolute atomic E-state index is 11.0. The molecule has 0 aromatic heterocycles. The van der Waals surface area contributed by atoms with Gasteiger partial charge in [0.25, 0.3) is 0 Å². The van der Waals surface area contributed by atoms with Gasteiger partial charge in [-0.15, -0.1) is 0 Å². The van der Waals surface area contributed by atoms with E-state index in [4.69, 9.17) is 5.11 Å². The van der Waals surface area contributed by atoms with Crippen LogP contribution in [0.15, 0.2) is 0 Å². The molecule has 0 radical (unpaired) electrons. The van der Waals surface area contributed by atoms with Gasteiger partial charge in [-0.3, -0.25) is 4.79 Å². The van der Waals surface area contributed by atoms with Crippen molar-refractivity contribution in [2.45, 2.75) is 12.8 Å². The predicted octanol–water partition coefficient (Wildman–Crippen LogP) is -0.911. The topological polar surface area (TPSA) is 66.8 Å². The molecule has 1 fully saturated rings. The minimum atomic E-state index is -0.647. The number of imide groups is 1. The van der Waals surface area contributed by atoms with Crippen molar-refractivity contribution in [1.29, 1.82) is 0 Å². The van der Waals surface area contributed by atoms with E-state index in [9.17, 15) is 9.59 Å². The summed E-state index contributed by atoms with van der Waals surface area (Å²) < 4.78 is 4.56. The fourth-order valence-corrected chi connectivity index (χ4v) is 1.05. The molecule has 0 aromatic carbocycles. The van der Waals surface area contributed by atoms with Crippen molar-refractivity contribution in [2.75, 3.05) is 19.8 Å². The molecule has 1 aliphatic heterocycles. The average Bonchev–Trinajstić information content (AvgIpc) is 2.47. The van der Waals surface area contributed by atoms with Gasteiger partial charge in [0.15, 0.2) is 0 Å². The number of ether oxygens (including phenoxy) is 1. The summed E-state index contributed by atoms with van der Waals surface area (Å²) in [5, 5.41) is 8.34. The first-order valence-electron chi connectivity index (χ1n) is 3.83. The van der Waals surface area contributed by atoms with Gasteiger partial charge in [0.05, 0.1) is 6.61 Å². The molecular formula is C7H12NNaO4.